The van der Waals surface area contributed by atoms with E-state index in [-0.39, 0.29) is 16.5 Å². The summed E-state index contributed by atoms with van der Waals surface area (Å²) >= 11 is 8.81. The van der Waals surface area contributed by atoms with Crippen LogP contribution in [0, 0.1) is 0 Å². The highest BCUT2D eigenvalue weighted by atomic mass is 35.5. The Kier molecular flexibility index (Phi) is 8.97. The minimum atomic E-state index is -0.940. The Labute approximate surface area is 268 Å². The molecule has 6 rings (SSSR count). The number of anilines is 1. The largest absolute Gasteiger partial charge is 0.507 e. The molecule has 1 fully saturated rings. The Bertz CT molecular complexity index is 1870. The lowest BCUT2D eigenvalue weighted by atomic mass is 9.95. The fraction of sp³-hybridized carbons (Fsp3) is 0.176. The summed E-state index contributed by atoms with van der Waals surface area (Å²) in [7, 11) is 0. The van der Waals surface area contributed by atoms with Crippen molar-refractivity contribution >= 4 is 68.1 Å². The maximum absolute atomic E-state index is 13.6. The van der Waals surface area contributed by atoms with Gasteiger partial charge >= 0.3 is 5.91 Å². The highest BCUT2D eigenvalue weighted by molar-refractivity contribution is 8.00. The molecule has 1 aliphatic heterocycles. The molecular weight excluding hydrogens is 614 g/mol. The van der Waals surface area contributed by atoms with Gasteiger partial charge in [-0.1, -0.05) is 103 Å². The Hall–Kier alpha value is -4.18. The number of fused-ring (bicyclic) bond motifs is 1. The molecular formula is C34H28ClN3O4S2. The van der Waals surface area contributed by atoms with E-state index >= 15 is 0 Å². The Morgan fingerprint density at radius 3 is 2.59 bits per heavy atom. The fourth-order valence-corrected chi connectivity index (χ4v) is 7.13. The number of ketones is 1. The van der Waals surface area contributed by atoms with Crippen molar-refractivity contribution in [1.29, 1.82) is 0 Å². The molecule has 0 spiro atoms. The van der Waals surface area contributed by atoms with Crippen LogP contribution in [-0.4, -0.2) is 33.6 Å². The molecule has 1 unspecified atom stereocenters. The molecule has 0 aliphatic carbocycles. The van der Waals surface area contributed by atoms with Crippen molar-refractivity contribution in [3.05, 3.63) is 118 Å². The third kappa shape index (κ3) is 6.08. The van der Waals surface area contributed by atoms with Crippen LogP contribution in [0.15, 0.2) is 101 Å². The van der Waals surface area contributed by atoms with E-state index in [0.29, 0.717) is 38.6 Å². The molecule has 7 nitrogen and oxygen atoms in total. The minimum absolute atomic E-state index is 0.0387. The summed E-state index contributed by atoms with van der Waals surface area (Å²) in [4.78, 5) is 28.5. The third-order valence-electron chi connectivity index (χ3n) is 7.34. The van der Waals surface area contributed by atoms with Crippen LogP contribution in [0.2, 0.25) is 5.02 Å². The van der Waals surface area contributed by atoms with E-state index in [1.807, 2.05) is 36.4 Å². The number of aliphatic hydroxyl groups excluding tert-OH is 1. The van der Waals surface area contributed by atoms with Gasteiger partial charge in [-0.05, 0) is 64.7 Å². The number of rotatable bonds is 10. The summed E-state index contributed by atoms with van der Waals surface area (Å²) in [5, 5.41) is 23.2. The van der Waals surface area contributed by atoms with E-state index in [4.69, 9.17) is 16.3 Å². The molecule has 0 radical (unpaired) electrons. The standard InChI is InChI=1S/C34H28ClN3O4S2/c1-2-3-18-42-26-12-7-10-23(19-26)29-28(30(39)22-14-16-25(35)17-15-22)31(40)32(41)38(29)33-36-37-34(44-33)43-20-24-11-6-9-21-8-4-5-13-27(21)24/h4-17,19,29,39H,2-3,18,20H2,1H3. The predicted octanol–water partition coefficient (Wildman–Crippen LogP) is 8.44. The van der Waals surface area contributed by atoms with Crippen LogP contribution in [0.1, 0.15) is 42.5 Å². The Morgan fingerprint density at radius 2 is 1.77 bits per heavy atom. The lowest BCUT2D eigenvalue weighted by Crippen LogP contribution is -2.29. The van der Waals surface area contributed by atoms with Gasteiger partial charge in [0.15, 0.2) is 4.34 Å². The Balaban J connectivity index is 1.36. The van der Waals surface area contributed by atoms with Crippen molar-refractivity contribution < 1.29 is 19.4 Å². The van der Waals surface area contributed by atoms with Crippen LogP contribution in [0.4, 0.5) is 5.13 Å². The maximum atomic E-state index is 13.6. The molecule has 222 valence electrons. The van der Waals surface area contributed by atoms with Crippen LogP contribution in [-0.2, 0) is 15.3 Å². The molecule has 1 N–H and O–H groups in total. The number of halogens is 1. The molecule has 0 saturated carbocycles. The fourth-order valence-electron chi connectivity index (χ4n) is 5.13. The van der Waals surface area contributed by atoms with Gasteiger partial charge in [-0.3, -0.25) is 14.5 Å². The van der Waals surface area contributed by atoms with Gasteiger partial charge in [0.1, 0.15) is 11.5 Å². The van der Waals surface area contributed by atoms with Crippen LogP contribution in [0.3, 0.4) is 0 Å². The second-order valence-electron chi connectivity index (χ2n) is 10.2. The third-order valence-corrected chi connectivity index (χ3v) is 9.69. The molecule has 2 heterocycles. The molecule has 1 amide bonds. The number of hydrogen-bond acceptors (Lipinski definition) is 8. The molecule has 0 bridgehead atoms. The number of aromatic nitrogens is 2. The van der Waals surface area contributed by atoms with Gasteiger partial charge in [-0.25, -0.2) is 0 Å². The lowest BCUT2D eigenvalue weighted by Gasteiger charge is -2.23. The molecule has 44 heavy (non-hydrogen) atoms. The Morgan fingerprint density at radius 1 is 1.00 bits per heavy atom. The second kappa shape index (κ2) is 13.2. The van der Waals surface area contributed by atoms with E-state index in [2.05, 4.69) is 41.4 Å². The van der Waals surface area contributed by atoms with Crippen molar-refractivity contribution in [2.75, 3.05) is 11.5 Å². The van der Waals surface area contributed by atoms with Gasteiger partial charge in [0.05, 0.1) is 18.2 Å². The molecule has 1 aromatic heterocycles. The van der Waals surface area contributed by atoms with Gasteiger partial charge in [-0.2, -0.15) is 0 Å². The summed E-state index contributed by atoms with van der Waals surface area (Å²) < 4.78 is 6.59. The number of unbranched alkanes of at least 4 members (excludes halogenated alkanes) is 1. The van der Waals surface area contributed by atoms with E-state index in [0.717, 1.165) is 23.8 Å². The van der Waals surface area contributed by atoms with E-state index in [1.165, 1.54) is 33.4 Å². The number of carbonyl (C=O) groups is 2. The average Bonchev–Trinajstić information content (AvgIpc) is 3.62. The monoisotopic (exact) mass is 641 g/mol. The smallest absolute Gasteiger partial charge is 0.301 e. The zero-order valence-electron chi connectivity index (χ0n) is 23.8. The molecule has 10 heteroatoms. The first-order valence-electron chi connectivity index (χ1n) is 14.2. The summed E-state index contributed by atoms with van der Waals surface area (Å²) in [6, 6.07) is 27.2. The van der Waals surface area contributed by atoms with Crippen molar-refractivity contribution in [2.24, 2.45) is 0 Å². The highest BCUT2D eigenvalue weighted by Gasteiger charge is 2.48. The molecule has 1 atom stereocenters. The summed E-state index contributed by atoms with van der Waals surface area (Å²) in [5.41, 5.74) is 2.10. The lowest BCUT2D eigenvalue weighted by molar-refractivity contribution is -0.132. The zero-order chi connectivity index (χ0) is 30.6. The van der Waals surface area contributed by atoms with Crippen molar-refractivity contribution in [1.82, 2.24) is 10.2 Å². The van der Waals surface area contributed by atoms with E-state index < -0.39 is 17.7 Å². The number of aliphatic hydroxyl groups is 1. The van der Waals surface area contributed by atoms with Gasteiger partial charge in [0.2, 0.25) is 5.13 Å². The first-order chi connectivity index (χ1) is 21.4. The van der Waals surface area contributed by atoms with Crippen LogP contribution >= 0.6 is 34.7 Å². The van der Waals surface area contributed by atoms with Gasteiger partial charge in [0, 0.05) is 16.3 Å². The van der Waals surface area contributed by atoms with E-state index in [1.54, 1.807) is 30.3 Å². The van der Waals surface area contributed by atoms with Crippen LogP contribution in [0.25, 0.3) is 16.5 Å². The van der Waals surface area contributed by atoms with Crippen LogP contribution in [0.5, 0.6) is 5.75 Å². The van der Waals surface area contributed by atoms with Gasteiger partial charge < -0.3 is 9.84 Å². The zero-order valence-corrected chi connectivity index (χ0v) is 26.2. The quantitative estimate of drug-likeness (QED) is 0.0408. The number of ether oxygens (including phenoxy) is 1. The summed E-state index contributed by atoms with van der Waals surface area (Å²) in [6.07, 6.45) is 1.88. The second-order valence-corrected chi connectivity index (χ2v) is 12.8. The number of thioether (sulfide) groups is 1. The molecule has 1 saturated heterocycles. The molecule has 4 aromatic carbocycles. The van der Waals surface area contributed by atoms with E-state index in [9.17, 15) is 14.7 Å². The van der Waals surface area contributed by atoms with Crippen molar-refractivity contribution in [3.63, 3.8) is 0 Å². The number of nitrogens with zero attached hydrogens (tertiary/aromatic N) is 3. The number of amides is 1. The van der Waals surface area contributed by atoms with Crippen molar-refractivity contribution in [2.45, 2.75) is 35.9 Å². The molecule has 1 aliphatic rings. The molecule has 5 aromatic rings. The number of carbonyl (C=O) groups excluding carboxylic acids is 2. The van der Waals surface area contributed by atoms with Crippen molar-refractivity contribution in [3.8, 4) is 5.75 Å². The van der Waals surface area contributed by atoms with Gasteiger partial charge in [-0.15, -0.1) is 10.2 Å². The SMILES string of the molecule is CCCCOc1cccc(C2C(=C(O)c3ccc(Cl)cc3)C(=O)C(=O)N2c2nnc(SCc3cccc4ccccc34)s2)c1. The minimum Gasteiger partial charge on any atom is -0.507 e. The maximum Gasteiger partial charge on any atom is 0.301 e. The first kappa shape index (κ1) is 29.9. The topological polar surface area (TPSA) is 92.6 Å². The summed E-state index contributed by atoms with van der Waals surface area (Å²) in [5.74, 6) is -0.618. The van der Waals surface area contributed by atoms with Gasteiger partial charge in [0.25, 0.3) is 5.78 Å². The average molecular weight is 642 g/mol. The predicted molar refractivity (Wildman–Crippen MR) is 176 cm³/mol. The first-order valence-corrected chi connectivity index (χ1v) is 16.3. The van der Waals surface area contributed by atoms with Crippen LogP contribution < -0.4 is 9.64 Å². The number of Topliss-reactive ketones (excluding diaryl/α,β-unsaturated/α-hetero) is 1. The number of hydrogen-bond donors (Lipinski definition) is 1. The summed E-state index contributed by atoms with van der Waals surface area (Å²) in [6.45, 7) is 2.62. The highest BCUT2D eigenvalue weighted by Crippen LogP contribution is 2.44. The number of benzene rings is 4. The normalized spacial score (nSPS) is 16.1.